The van der Waals surface area contributed by atoms with Crippen LogP contribution in [0.4, 0.5) is 4.79 Å². The number of carbonyl (C=O) groups excluding carboxylic acids is 1. The summed E-state index contributed by atoms with van der Waals surface area (Å²) in [6.45, 7) is 6.57. The van der Waals surface area contributed by atoms with Crippen molar-refractivity contribution in [3.63, 3.8) is 0 Å². The fourth-order valence-corrected chi connectivity index (χ4v) is 0.489. The van der Waals surface area contributed by atoms with Gasteiger partial charge in [0, 0.05) is 0 Å². The molecule has 0 aromatic heterocycles. The van der Waals surface area contributed by atoms with Gasteiger partial charge in [-0.25, -0.2) is 4.79 Å². The fourth-order valence-electron chi connectivity index (χ4n) is 0.489. The number of hydrogen-bond donors (Lipinski definition) is 0. The molecule has 0 fully saturated rings. The first kappa shape index (κ1) is 11.0. The van der Waals surface area contributed by atoms with E-state index in [1.54, 1.807) is 0 Å². The van der Waals surface area contributed by atoms with E-state index in [2.05, 4.69) is 16.1 Å². The van der Waals surface area contributed by atoms with Crippen molar-refractivity contribution < 1.29 is 19.0 Å². The molecule has 0 heterocycles. The van der Waals surface area contributed by atoms with E-state index in [1.807, 2.05) is 6.92 Å². The predicted octanol–water partition coefficient (Wildman–Crippen LogP) is 1.36. The average molecular weight is 174 g/mol. The molecule has 0 aliphatic carbocycles. The summed E-state index contributed by atoms with van der Waals surface area (Å²) in [7, 11) is 1.26. The van der Waals surface area contributed by atoms with Crippen molar-refractivity contribution in [2.24, 2.45) is 0 Å². The Kier molecular flexibility index (Phi) is 6.09. The van der Waals surface area contributed by atoms with E-state index in [0.29, 0.717) is 13.2 Å². The quantitative estimate of drug-likeness (QED) is 0.358. The number of hydrogen-bond acceptors (Lipinski definition) is 4. The summed E-state index contributed by atoms with van der Waals surface area (Å²) >= 11 is 0. The van der Waals surface area contributed by atoms with Crippen LogP contribution in [0.15, 0.2) is 12.2 Å². The maximum atomic E-state index is 10.4. The van der Waals surface area contributed by atoms with Crippen molar-refractivity contribution in [1.82, 2.24) is 0 Å². The molecule has 0 aromatic rings. The third-order valence-corrected chi connectivity index (χ3v) is 0.963. The molecule has 0 spiro atoms. The third kappa shape index (κ3) is 7.08. The van der Waals surface area contributed by atoms with Crippen molar-refractivity contribution in [1.29, 1.82) is 0 Å². The fraction of sp³-hybridized carbons (Fsp3) is 0.625. The molecule has 0 radical (unpaired) electrons. The molecule has 0 saturated heterocycles. The highest BCUT2D eigenvalue weighted by atomic mass is 16.7. The average Bonchev–Trinajstić information content (AvgIpc) is 2.03. The minimum atomic E-state index is -0.686. The second kappa shape index (κ2) is 6.67. The van der Waals surface area contributed by atoms with Gasteiger partial charge in [-0.2, -0.15) is 0 Å². The summed E-state index contributed by atoms with van der Waals surface area (Å²) in [4.78, 5) is 10.4. The van der Waals surface area contributed by atoms with Gasteiger partial charge in [0.2, 0.25) is 0 Å². The molecule has 0 aromatic carbocycles. The summed E-state index contributed by atoms with van der Waals surface area (Å²) in [5.74, 6) is 0. The Balaban J connectivity index is 3.11. The Morgan fingerprint density at radius 3 is 2.58 bits per heavy atom. The lowest BCUT2D eigenvalue weighted by atomic mass is 10.4. The van der Waals surface area contributed by atoms with E-state index in [-0.39, 0.29) is 6.61 Å². The topological polar surface area (TPSA) is 44.8 Å². The van der Waals surface area contributed by atoms with Crippen LogP contribution < -0.4 is 0 Å². The van der Waals surface area contributed by atoms with E-state index in [4.69, 9.17) is 4.74 Å². The lowest BCUT2D eigenvalue weighted by molar-refractivity contribution is 0.0425. The van der Waals surface area contributed by atoms with Gasteiger partial charge in [0.05, 0.1) is 20.3 Å². The van der Waals surface area contributed by atoms with Gasteiger partial charge in [0.25, 0.3) is 0 Å². The van der Waals surface area contributed by atoms with Crippen molar-refractivity contribution in [2.45, 2.75) is 6.92 Å². The van der Waals surface area contributed by atoms with Gasteiger partial charge < -0.3 is 14.2 Å². The maximum absolute atomic E-state index is 10.4. The number of ether oxygens (including phenoxy) is 3. The van der Waals surface area contributed by atoms with E-state index in [9.17, 15) is 4.79 Å². The predicted molar refractivity (Wildman–Crippen MR) is 44.0 cm³/mol. The maximum Gasteiger partial charge on any atom is 0.508 e. The number of carbonyl (C=O) groups is 1. The van der Waals surface area contributed by atoms with Gasteiger partial charge in [-0.3, -0.25) is 0 Å². The first-order chi connectivity index (χ1) is 5.66. The van der Waals surface area contributed by atoms with E-state index < -0.39 is 6.16 Å². The summed E-state index contributed by atoms with van der Waals surface area (Å²) in [5, 5.41) is 0. The van der Waals surface area contributed by atoms with Crippen LogP contribution >= 0.6 is 0 Å². The molecule has 0 aliphatic rings. The van der Waals surface area contributed by atoms with E-state index in [0.717, 1.165) is 5.57 Å². The molecule has 4 heteroatoms. The van der Waals surface area contributed by atoms with Gasteiger partial charge in [-0.1, -0.05) is 12.2 Å². The Labute approximate surface area is 72.1 Å². The Hall–Kier alpha value is -1.03. The minimum Gasteiger partial charge on any atom is -0.438 e. The molecule has 0 bridgehead atoms. The first-order valence-electron chi connectivity index (χ1n) is 3.59. The van der Waals surface area contributed by atoms with Crippen LogP contribution in [-0.2, 0) is 14.2 Å². The van der Waals surface area contributed by atoms with Crippen LogP contribution in [0.5, 0.6) is 0 Å². The molecule has 0 aliphatic heterocycles. The third-order valence-electron chi connectivity index (χ3n) is 0.963. The minimum absolute atomic E-state index is 0.208. The zero-order valence-electron chi connectivity index (χ0n) is 7.46. The monoisotopic (exact) mass is 174 g/mol. The zero-order valence-corrected chi connectivity index (χ0v) is 7.46. The summed E-state index contributed by atoms with van der Waals surface area (Å²) in [5.41, 5.74) is 0.938. The van der Waals surface area contributed by atoms with Crippen molar-refractivity contribution in [3.8, 4) is 0 Å². The second-order valence-electron chi connectivity index (χ2n) is 2.31. The standard InChI is InChI=1S/C8H14O4/c1-7(2)6-11-4-5-12-8(9)10-3/h1,4-6H2,2-3H3. The molecule has 70 valence electrons. The lowest BCUT2D eigenvalue weighted by Gasteiger charge is -2.03. The van der Waals surface area contributed by atoms with Crippen LogP contribution in [0.1, 0.15) is 6.92 Å². The highest BCUT2D eigenvalue weighted by Gasteiger charge is 1.98. The molecule has 0 rings (SSSR count). The van der Waals surface area contributed by atoms with Crippen LogP contribution in [0.2, 0.25) is 0 Å². The highest BCUT2D eigenvalue weighted by Crippen LogP contribution is 1.88. The van der Waals surface area contributed by atoms with Gasteiger partial charge in [-0.05, 0) is 6.92 Å². The second-order valence-corrected chi connectivity index (χ2v) is 2.31. The number of methoxy groups -OCH3 is 1. The molecule has 0 saturated carbocycles. The van der Waals surface area contributed by atoms with Crippen LogP contribution in [0, 0.1) is 0 Å². The summed E-state index contributed by atoms with van der Waals surface area (Å²) < 4.78 is 13.9. The van der Waals surface area contributed by atoms with Crippen LogP contribution in [-0.4, -0.2) is 33.1 Å². The Morgan fingerprint density at radius 1 is 1.42 bits per heavy atom. The Morgan fingerprint density at radius 2 is 2.08 bits per heavy atom. The molecule has 4 nitrogen and oxygen atoms in total. The van der Waals surface area contributed by atoms with Crippen molar-refractivity contribution in [3.05, 3.63) is 12.2 Å². The van der Waals surface area contributed by atoms with Crippen molar-refractivity contribution in [2.75, 3.05) is 26.9 Å². The van der Waals surface area contributed by atoms with E-state index in [1.165, 1.54) is 7.11 Å². The highest BCUT2D eigenvalue weighted by molar-refractivity contribution is 5.59. The molecule has 0 atom stereocenters. The van der Waals surface area contributed by atoms with Gasteiger partial charge in [-0.15, -0.1) is 0 Å². The van der Waals surface area contributed by atoms with Crippen molar-refractivity contribution >= 4 is 6.16 Å². The zero-order chi connectivity index (χ0) is 9.40. The molecular weight excluding hydrogens is 160 g/mol. The SMILES string of the molecule is C=C(C)COCCOC(=O)OC. The van der Waals surface area contributed by atoms with Gasteiger partial charge >= 0.3 is 6.16 Å². The Bertz CT molecular complexity index is 153. The summed E-state index contributed by atoms with van der Waals surface area (Å²) in [6, 6.07) is 0. The number of rotatable bonds is 5. The van der Waals surface area contributed by atoms with Crippen LogP contribution in [0.3, 0.4) is 0 Å². The molecule has 0 unspecified atom stereocenters. The molecule has 0 N–H and O–H groups in total. The normalized spacial score (nSPS) is 9.17. The summed E-state index contributed by atoms with van der Waals surface area (Å²) in [6.07, 6.45) is -0.686. The van der Waals surface area contributed by atoms with Gasteiger partial charge in [0.1, 0.15) is 6.61 Å². The van der Waals surface area contributed by atoms with Gasteiger partial charge in [0.15, 0.2) is 0 Å². The lowest BCUT2D eigenvalue weighted by Crippen LogP contribution is -2.10. The van der Waals surface area contributed by atoms with Crippen LogP contribution in [0.25, 0.3) is 0 Å². The first-order valence-corrected chi connectivity index (χ1v) is 3.59. The smallest absolute Gasteiger partial charge is 0.438 e. The largest absolute Gasteiger partial charge is 0.508 e. The molecule has 0 amide bonds. The molecular formula is C8H14O4. The molecule has 12 heavy (non-hydrogen) atoms. The van der Waals surface area contributed by atoms with E-state index >= 15 is 0 Å².